The number of hydrogen-bond donors (Lipinski definition) is 1. The normalized spacial score (nSPS) is 29.0. The third-order valence-electron chi connectivity index (χ3n) is 8.74. The maximum Gasteiger partial charge on any atom is 0.312 e. The van der Waals surface area contributed by atoms with Gasteiger partial charge in [-0.2, -0.15) is 0 Å². The zero-order valence-electron chi connectivity index (χ0n) is 24.8. The second kappa shape index (κ2) is 12.8. The van der Waals surface area contributed by atoms with Crippen LogP contribution in [0.2, 0.25) is 0 Å². The van der Waals surface area contributed by atoms with E-state index in [4.69, 9.17) is 9.47 Å². The molecule has 0 radical (unpaired) electrons. The number of benzene rings is 1. The number of halogens is 1. The van der Waals surface area contributed by atoms with E-state index in [1.54, 1.807) is 17.9 Å². The molecule has 1 aromatic carbocycles. The number of aliphatic hydroxyl groups is 1. The molecule has 10 heteroatoms. The third-order valence-corrected chi connectivity index (χ3v) is 9.58. The minimum atomic E-state index is -1.23. The van der Waals surface area contributed by atoms with Crippen molar-refractivity contribution in [3.8, 4) is 0 Å². The molecule has 3 unspecified atom stereocenters. The molecule has 3 fully saturated rings. The van der Waals surface area contributed by atoms with E-state index in [-0.39, 0.29) is 42.3 Å². The topological polar surface area (TPSA) is 99.6 Å². The Hall–Kier alpha value is -2.43. The number of anilines is 2. The molecule has 9 nitrogen and oxygen atoms in total. The number of carbonyl (C=O) groups excluding carboxylic acids is 3. The summed E-state index contributed by atoms with van der Waals surface area (Å²) in [6.07, 6.45) is 1.96. The maximum atomic E-state index is 14.7. The SMILES string of the molecule is C=CCN(C(=O)C1N([C@@H](CO)CC(C)C)C(=O)[C@@H]2[C@@H](C(=O)OCC)[C@@H]3OC12CC3Br)c1ccc(N(CC)CC)cc1. The number of amides is 2. The molecule has 2 amide bonds. The van der Waals surface area contributed by atoms with Gasteiger partial charge in [-0.25, -0.2) is 0 Å². The Kier molecular flexibility index (Phi) is 9.86. The summed E-state index contributed by atoms with van der Waals surface area (Å²) in [6, 6.07) is 6.16. The fourth-order valence-corrected chi connectivity index (χ4v) is 8.04. The molecule has 3 aliphatic rings. The van der Waals surface area contributed by atoms with E-state index in [0.717, 1.165) is 18.8 Å². The van der Waals surface area contributed by atoms with E-state index in [1.807, 2.05) is 38.1 Å². The van der Waals surface area contributed by atoms with Crippen LogP contribution < -0.4 is 9.80 Å². The summed E-state index contributed by atoms with van der Waals surface area (Å²) < 4.78 is 12.0. The third kappa shape index (κ3) is 5.43. The standard InChI is InChI=1S/C31H44BrN3O6/c1-7-15-34(21-13-11-20(12-14-21)33(8-2)9-3)29(38)27-31-17-23(32)26(41-31)24(30(39)40-10-4)25(31)28(37)35(27)22(18-36)16-19(5)6/h7,11-14,19,22-27,36H,1,8-10,15-18H2,2-6H3/t22-,23?,24-,25+,26-,27?,31?/m1/s1. The molecule has 226 valence electrons. The van der Waals surface area contributed by atoms with Crippen LogP contribution in [0, 0.1) is 17.8 Å². The lowest BCUT2D eigenvalue weighted by Gasteiger charge is -2.40. The van der Waals surface area contributed by atoms with E-state index in [0.29, 0.717) is 18.5 Å². The van der Waals surface area contributed by atoms with Crippen LogP contribution in [0.4, 0.5) is 11.4 Å². The van der Waals surface area contributed by atoms with Gasteiger partial charge in [0, 0.05) is 35.8 Å². The van der Waals surface area contributed by atoms with Crippen molar-refractivity contribution < 1.29 is 29.0 Å². The van der Waals surface area contributed by atoms with Crippen LogP contribution >= 0.6 is 15.9 Å². The highest BCUT2D eigenvalue weighted by Crippen LogP contribution is 2.61. The molecule has 3 aliphatic heterocycles. The summed E-state index contributed by atoms with van der Waals surface area (Å²) in [4.78, 5) is 47.4. The van der Waals surface area contributed by atoms with Crippen LogP contribution in [0.15, 0.2) is 36.9 Å². The molecule has 41 heavy (non-hydrogen) atoms. The predicted molar refractivity (Wildman–Crippen MR) is 162 cm³/mol. The fourth-order valence-electron chi connectivity index (χ4n) is 7.10. The molecule has 0 saturated carbocycles. The lowest BCUT2D eigenvalue weighted by atomic mass is 9.70. The van der Waals surface area contributed by atoms with E-state index >= 15 is 0 Å². The number of hydrogen-bond acceptors (Lipinski definition) is 7. The Bertz CT molecular complexity index is 1130. The van der Waals surface area contributed by atoms with Crippen molar-refractivity contribution >= 4 is 45.1 Å². The zero-order valence-corrected chi connectivity index (χ0v) is 26.4. The minimum Gasteiger partial charge on any atom is -0.466 e. The minimum absolute atomic E-state index is 0.160. The highest BCUT2D eigenvalue weighted by molar-refractivity contribution is 9.09. The average molecular weight is 635 g/mol. The molecule has 7 atom stereocenters. The van der Waals surface area contributed by atoms with Crippen molar-refractivity contribution in [1.82, 2.24) is 4.90 Å². The molecule has 0 aliphatic carbocycles. The molecule has 3 heterocycles. The number of rotatable bonds is 13. The van der Waals surface area contributed by atoms with Crippen molar-refractivity contribution in [1.29, 1.82) is 0 Å². The van der Waals surface area contributed by atoms with Gasteiger partial charge in [0.25, 0.3) is 5.91 Å². The monoisotopic (exact) mass is 633 g/mol. The molecule has 1 spiro atoms. The number of carbonyl (C=O) groups is 3. The Morgan fingerprint density at radius 2 is 1.85 bits per heavy atom. The molecular weight excluding hydrogens is 590 g/mol. The number of esters is 1. The van der Waals surface area contributed by atoms with Gasteiger partial charge in [-0.1, -0.05) is 35.9 Å². The summed E-state index contributed by atoms with van der Waals surface area (Å²) in [5, 5.41) is 10.5. The lowest BCUT2D eigenvalue weighted by molar-refractivity contribution is -0.155. The van der Waals surface area contributed by atoms with Crippen molar-refractivity contribution in [2.45, 2.75) is 76.1 Å². The lowest BCUT2D eigenvalue weighted by Crippen LogP contribution is -2.59. The summed E-state index contributed by atoms with van der Waals surface area (Å²) >= 11 is 3.69. The number of fused-ring (bicyclic) bond motifs is 1. The maximum absolute atomic E-state index is 14.7. The van der Waals surface area contributed by atoms with Gasteiger partial charge in [-0.3, -0.25) is 14.4 Å². The van der Waals surface area contributed by atoms with Crippen LogP contribution in [0.25, 0.3) is 0 Å². The first kappa shape index (κ1) is 31.5. The number of aliphatic hydroxyl groups excluding tert-OH is 1. The van der Waals surface area contributed by atoms with Gasteiger partial charge in [-0.15, -0.1) is 6.58 Å². The molecular formula is C31H44BrN3O6. The van der Waals surface area contributed by atoms with E-state index in [1.165, 1.54) is 4.90 Å². The summed E-state index contributed by atoms with van der Waals surface area (Å²) in [5.74, 6) is -2.68. The van der Waals surface area contributed by atoms with Crippen molar-refractivity contribution in [3.63, 3.8) is 0 Å². The summed E-state index contributed by atoms with van der Waals surface area (Å²) in [5.41, 5.74) is 0.498. The Balaban J connectivity index is 1.81. The van der Waals surface area contributed by atoms with Crippen LogP contribution in [-0.2, 0) is 23.9 Å². The highest BCUT2D eigenvalue weighted by Gasteiger charge is 2.77. The zero-order chi connectivity index (χ0) is 30.1. The van der Waals surface area contributed by atoms with Crippen molar-refractivity contribution in [2.24, 2.45) is 17.8 Å². The highest BCUT2D eigenvalue weighted by atomic mass is 79.9. The largest absolute Gasteiger partial charge is 0.466 e. The predicted octanol–water partition coefficient (Wildman–Crippen LogP) is 3.77. The molecule has 0 aromatic heterocycles. The van der Waals surface area contributed by atoms with Crippen LogP contribution in [0.3, 0.4) is 0 Å². The first-order chi connectivity index (χ1) is 19.6. The smallest absolute Gasteiger partial charge is 0.312 e. The number of alkyl halides is 1. The molecule has 1 aromatic rings. The van der Waals surface area contributed by atoms with Gasteiger partial charge >= 0.3 is 5.97 Å². The molecule has 2 bridgehead atoms. The summed E-state index contributed by atoms with van der Waals surface area (Å²) in [6.45, 7) is 15.7. The number of ether oxygens (including phenoxy) is 2. The van der Waals surface area contributed by atoms with E-state index < -0.39 is 41.6 Å². The van der Waals surface area contributed by atoms with Gasteiger partial charge in [-0.05, 0) is 63.8 Å². The molecule has 1 N–H and O–H groups in total. The Morgan fingerprint density at radius 3 is 2.39 bits per heavy atom. The number of likely N-dealkylation sites (tertiary alicyclic amines) is 1. The van der Waals surface area contributed by atoms with Gasteiger partial charge in [0.2, 0.25) is 5.91 Å². The van der Waals surface area contributed by atoms with Gasteiger partial charge in [0.1, 0.15) is 11.6 Å². The van der Waals surface area contributed by atoms with E-state index in [2.05, 4.69) is 41.3 Å². The van der Waals surface area contributed by atoms with Gasteiger partial charge < -0.3 is 29.3 Å². The van der Waals surface area contributed by atoms with Crippen LogP contribution in [0.5, 0.6) is 0 Å². The van der Waals surface area contributed by atoms with Crippen LogP contribution in [0.1, 0.15) is 47.5 Å². The van der Waals surface area contributed by atoms with Gasteiger partial charge in [0.05, 0.1) is 37.2 Å². The molecule has 4 rings (SSSR count). The Labute approximate surface area is 252 Å². The first-order valence-corrected chi connectivity index (χ1v) is 15.7. The quantitative estimate of drug-likeness (QED) is 0.201. The average Bonchev–Trinajstić information content (AvgIpc) is 3.54. The Morgan fingerprint density at radius 1 is 1.22 bits per heavy atom. The second-order valence-corrected chi connectivity index (χ2v) is 12.7. The molecule has 3 saturated heterocycles. The first-order valence-electron chi connectivity index (χ1n) is 14.8. The fraction of sp³-hybridized carbons (Fsp3) is 0.645. The van der Waals surface area contributed by atoms with Crippen LogP contribution in [-0.4, -0.2) is 89.3 Å². The number of nitrogens with zero attached hydrogens (tertiary/aromatic N) is 3. The van der Waals surface area contributed by atoms with Crippen molar-refractivity contribution in [3.05, 3.63) is 36.9 Å². The summed E-state index contributed by atoms with van der Waals surface area (Å²) in [7, 11) is 0. The van der Waals surface area contributed by atoms with E-state index in [9.17, 15) is 19.5 Å². The van der Waals surface area contributed by atoms with Crippen molar-refractivity contribution in [2.75, 3.05) is 42.6 Å². The second-order valence-electron chi connectivity index (χ2n) is 11.6. The van der Waals surface area contributed by atoms with Gasteiger partial charge in [0.15, 0.2) is 0 Å².